The summed E-state index contributed by atoms with van der Waals surface area (Å²) in [4.78, 5) is 26.8. The zero-order valence-corrected chi connectivity index (χ0v) is 16.6. The molecule has 2 aromatic carbocycles. The maximum atomic E-state index is 12.3. The second-order valence-electron chi connectivity index (χ2n) is 7.96. The van der Waals surface area contributed by atoms with E-state index in [4.69, 9.17) is 0 Å². The second-order valence-corrected chi connectivity index (χ2v) is 7.96. The molecule has 29 heavy (non-hydrogen) atoms. The van der Waals surface area contributed by atoms with Crippen molar-refractivity contribution >= 4 is 17.6 Å². The van der Waals surface area contributed by atoms with Crippen LogP contribution in [0.3, 0.4) is 0 Å². The average Bonchev–Trinajstić information content (AvgIpc) is 3.55. The van der Waals surface area contributed by atoms with Gasteiger partial charge in [-0.1, -0.05) is 30.3 Å². The van der Waals surface area contributed by atoms with Gasteiger partial charge in [-0.05, 0) is 55.5 Å². The Hall–Kier alpha value is -2.86. The van der Waals surface area contributed by atoms with E-state index in [9.17, 15) is 9.59 Å². The van der Waals surface area contributed by atoms with Crippen LogP contribution in [0, 0.1) is 0 Å². The molecule has 0 bridgehead atoms. The van der Waals surface area contributed by atoms with Crippen molar-refractivity contribution in [1.82, 2.24) is 15.5 Å². The third-order valence-electron chi connectivity index (χ3n) is 5.49. The summed E-state index contributed by atoms with van der Waals surface area (Å²) in [5, 5.41) is 8.89. The predicted octanol–water partition coefficient (Wildman–Crippen LogP) is 3.36. The first-order valence-electron chi connectivity index (χ1n) is 10.4. The van der Waals surface area contributed by atoms with Gasteiger partial charge in [-0.2, -0.15) is 0 Å². The molecular weight excluding hydrogens is 364 g/mol. The van der Waals surface area contributed by atoms with E-state index in [-0.39, 0.29) is 18.0 Å². The Morgan fingerprint density at radius 2 is 1.48 bits per heavy atom. The quantitative estimate of drug-likeness (QED) is 0.706. The van der Waals surface area contributed by atoms with Crippen molar-refractivity contribution in [2.24, 2.45) is 0 Å². The Bertz CT molecular complexity index is 826. The van der Waals surface area contributed by atoms with Crippen molar-refractivity contribution in [3.63, 3.8) is 0 Å². The van der Waals surface area contributed by atoms with Crippen LogP contribution in [0.15, 0.2) is 54.6 Å². The summed E-state index contributed by atoms with van der Waals surface area (Å²) in [6.07, 6.45) is 4.02. The minimum Gasteiger partial charge on any atom is -0.349 e. The average molecular weight is 393 g/mol. The monoisotopic (exact) mass is 392 g/mol. The van der Waals surface area contributed by atoms with Gasteiger partial charge in [0.15, 0.2) is 0 Å². The number of benzene rings is 2. The minimum atomic E-state index is -0.193. The van der Waals surface area contributed by atoms with Crippen LogP contribution in [0.25, 0.3) is 0 Å². The number of anilines is 1. The van der Waals surface area contributed by atoms with E-state index in [2.05, 4.69) is 45.1 Å². The van der Waals surface area contributed by atoms with Crippen molar-refractivity contribution in [3.05, 3.63) is 65.7 Å². The van der Waals surface area contributed by atoms with Gasteiger partial charge < -0.3 is 16.0 Å². The highest BCUT2D eigenvalue weighted by molar-refractivity contribution is 5.95. The van der Waals surface area contributed by atoms with Gasteiger partial charge in [-0.15, -0.1) is 0 Å². The van der Waals surface area contributed by atoms with Crippen LogP contribution in [-0.4, -0.2) is 42.0 Å². The first-order valence-corrected chi connectivity index (χ1v) is 10.4. The Morgan fingerprint density at radius 1 is 0.828 bits per heavy atom. The topological polar surface area (TPSA) is 73.5 Å². The van der Waals surface area contributed by atoms with Gasteiger partial charge in [-0.3, -0.25) is 9.69 Å². The molecule has 1 aliphatic heterocycles. The fourth-order valence-electron chi connectivity index (χ4n) is 3.63. The third-order valence-corrected chi connectivity index (χ3v) is 5.49. The van der Waals surface area contributed by atoms with E-state index >= 15 is 0 Å². The van der Waals surface area contributed by atoms with Gasteiger partial charge in [-0.25, -0.2) is 4.79 Å². The molecule has 2 fully saturated rings. The van der Waals surface area contributed by atoms with E-state index in [1.54, 1.807) is 24.3 Å². The fourth-order valence-corrected chi connectivity index (χ4v) is 3.63. The SMILES string of the molecule is O=C(Nc1ccc(C(=O)NC2CC2)cc1)NC1CCN(Cc2ccccc2)CC1. The van der Waals surface area contributed by atoms with Crippen molar-refractivity contribution in [1.29, 1.82) is 0 Å². The maximum absolute atomic E-state index is 12.3. The van der Waals surface area contributed by atoms with Gasteiger partial charge in [0.2, 0.25) is 0 Å². The van der Waals surface area contributed by atoms with Gasteiger partial charge >= 0.3 is 6.03 Å². The number of nitrogens with one attached hydrogen (secondary N) is 3. The minimum absolute atomic E-state index is 0.0502. The number of hydrogen-bond donors (Lipinski definition) is 3. The van der Waals surface area contributed by atoms with Crippen LogP contribution in [0.1, 0.15) is 41.6 Å². The lowest BCUT2D eigenvalue weighted by Gasteiger charge is -2.32. The van der Waals surface area contributed by atoms with E-state index in [0.717, 1.165) is 45.3 Å². The summed E-state index contributed by atoms with van der Waals surface area (Å²) < 4.78 is 0. The normalized spacial score (nSPS) is 17.5. The lowest BCUT2D eigenvalue weighted by atomic mass is 10.0. The molecule has 0 unspecified atom stereocenters. The zero-order valence-electron chi connectivity index (χ0n) is 16.6. The second kappa shape index (κ2) is 9.09. The Balaban J connectivity index is 1.19. The summed E-state index contributed by atoms with van der Waals surface area (Å²) in [7, 11) is 0. The number of amides is 3. The molecule has 1 saturated carbocycles. The molecule has 1 aliphatic carbocycles. The van der Waals surface area contributed by atoms with Gasteiger partial charge in [0, 0.05) is 43.0 Å². The number of carbonyl (C=O) groups is 2. The highest BCUT2D eigenvalue weighted by atomic mass is 16.2. The van der Waals surface area contributed by atoms with Crippen LogP contribution in [0.4, 0.5) is 10.5 Å². The molecule has 2 aromatic rings. The number of likely N-dealkylation sites (tertiary alicyclic amines) is 1. The van der Waals surface area contributed by atoms with Gasteiger partial charge in [0.05, 0.1) is 0 Å². The fraction of sp³-hybridized carbons (Fsp3) is 0.391. The van der Waals surface area contributed by atoms with Crippen LogP contribution in [0.5, 0.6) is 0 Å². The first-order chi connectivity index (χ1) is 14.2. The molecule has 0 atom stereocenters. The highest BCUT2D eigenvalue weighted by Crippen LogP contribution is 2.20. The van der Waals surface area contributed by atoms with Crippen LogP contribution in [-0.2, 0) is 6.54 Å². The molecule has 2 aliphatic rings. The number of urea groups is 1. The molecule has 0 radical (unpaired) electrons. The van der Waals surface area contributed by atoms with Crippen molar-refractivity contribution in [2.75, 3.05) is 18.4 Å². The summed E-state index contributed by atoms with van der Waals surface area (Å²) in [5.74, 6) is -0.0502. The summed E-state index contributed by atoms with van der Waals surface area (Å²) in [6.45, 7) is 2.91. The predicted molar refractivity (Wildman–Crippen MR) is 114 cm³/mol. The Labute approximate surface area is 171 Å². The van der Waals surface area contributed by atoms with Crippen molar-refractivity contribution in [3.8, 4) is 0 Å². The first kappa shape index (κ1) is 19.5. The molecule has 152 valence electrons. The van der Waals surface area contributed by atoms with Crippen LogP contribution in [0.2, 0.25) is 0 Å². The van der Waals surface area contributed by atoms with Crippen LogP contribution < -0.4 is 16.0 Å². The molecule has 1 heterocycles. The molecule has 3 amide bonds. The van der Waals surface area contributed by atoms with Gasteiger partial charge in [0.25, 0.3) is 5.91 Å². The summed E-state index contributed by atoms with van der Waals surface area (Å²) in [5.41, 5.74) is 2.63. The van der Waals surface area contributed by atoms with Crippen molar-refractivity contribution < 1.29 is 9.59 Å². The van der Waals surface area contributed by atoms with E-state index in [1.165, 1.54) is 5.56 Å². The molecule has 0 aromatic heterocycles. The molecule has 3 N–H and O–H groups in total. The van der Waals surface area contributed by atoms with E-state index in [1.807, 2.05) is 6.07 Å². The largest absolute Gasteiger partial charge is 0.349 e. The lowest BCUT2D eigenvalue weighted by molar-refractivity contribution is 0.0951. The Kier molecular flexibility index (Phi) is 6.10. The molecule has 6 heteroatoms. The van der Waals surface area contributed by atoms with Crippen LogP contribution >= 0.6 is 0 Å². The lowest BCUT2D eigenvalue weighted by Crippen LogP contribution is -2.45. The number of nitrogens with zero attached hydrogens (tertiary/aromatic N) is 1. The summed E-state index contributed by atoms with van der Waals surface area (Å²) in [6, 6.07) is 17.8. The highest BCUT2D eigenvalue weighted by Gasteiger charge is 2.24. The molecule has 0 spiro atoms. The maximum Gasteiger partial charge on any atom is 0.319 e. The number of piperidine rings is 1. The molecule has 4 rings (SSSR count). The van der Waals surface area contributed by atoms with Gasteiger partial charge in [0.1, 0.15) is 0 Å². The molecular formula is C23H28N4O2. The number of hydrogen-bond acceptors (Lipinski definition) is 3. The molecule has 1 saturated heterocycles. The van der Waals surface area contributed by atoms with E-state index < -0.39 is 0 Å². The smallest absolute Gasteiger partial charge is 0.319 e. The number of rotatable bonds is 6. The standard InChI is InChI=1S/C23H28N4O2/c28-22(24-19-10-11-19)18-6-8-20(9-7-18)25-23(29)26-21-12-14-27(15-13-21)16-17-4-2-1-3-5-17/h1-9,19,21H,10-16H2,(H,24,28)(H2,25,26,29). The third kappa shape index (κ3) is 5.81. The van der Waals surface area contributed by atoms with E-state index in [0.29, 0.717) is 17.3 Å². The van der Waals surface area contributed by atoms with Crippen molar-refractivity contribution in [2.45, 2.75) is 44.3 Å². The zero-order chi connectivity index (χ0) is 20.1. The number of carbonyl (C=O) groups excluding carboxylic acids is 2. The Morgan fingerprint density at radius 3 is 2.14 bits per heavy atom. The molecule has 6 nitrogen and oxygen atoms in total. The summed E-state index contributed by atoms with van der Waals surface area (Å²) >= 11 is 0.